The molecule has 0 radical (unpaired) electrons. The van der Waals surface area contributed by atoms with E-state index in [9.17, 15) is 9.90 Å². The SMILES string of the molecule is Nc1nc(-c2ccc(-c3cc4c(O)c(-c5ccccc5)c(=O)[nH]c4cc3Cl)cc2)cs1. The van der Waals surface area contributed by atoms with E-state index in [1.807, 2.05) is 47.8 Å². The van der Waals surface area contributed by atoms with Crippen molar-refractivity contribution in [2.24, 2.45) is 0 Å². The molecular weight excluding hydrogens is 430 g/mol. The van der Waals surface area contributed by atoms with E-state index in [4.69, 9.17) is 17.3 Å². The van der Waals surface area contributed by atoms with Crippen LogP contribution in [0.2, 0.25) is 5.02 Å². The number of rotatable bonds is 3. The molecule has 0 unspecified atom stereocenters. The van der Waals surface area contributed by atoms with E-state index in [0.29, 0.717) is 26.6 Å². The van der Waals surface area contributed by atoms with Crippen molar-refractivity contribution in [3.05, 3.63) is 87.5 Å². The lowest BCUT2D eigenvalue weighted by Gasteiger charge is -2.11. The number of thiazole rings is 1. The number of aromatic amines is 1. The fourth-order valence-corrected chi connectivity index (χ4v) is 4.48. The van der Waals surface area contributed by atoms with Crippen LogP contribution in [0.5, 0.6) is 5.75 Å². The van der Waals surface area contributed by atoms with E-state index in [1.54, 1.807) is 24.3 Å². The first-order chi connectivity index (χ1) is 15.0. The molecule has 0 spiro atoms. The molecule has 0 amide bonds. The number of aromatic hydroxyl groups is 1. The first kappa shape index (κ1) is 19.4. The molecule has 0 aliphatic heterocycles. The summed E-state index contributed by atoms with van der Waals surface area (Å²) in [6.07, 6.45) is 0. The van der Waals surface area contributed by atoms with Crippen LogP contribution in [0.15, 0.2) is 76.9 Å². The van der Waals surface area contributed by atoms with E-state index < -0.39 is 0 Å². The van der Waals surface area contributed by atoms with Gasteiger partial charge in [-0.25, -0.2) is 4.98 Å². The Labute approximate surface area is 186 Å². The lowest BCUT2D eigenvalue weighted by molar-refractivity contribution is 0.482. The first-order valence-corrected chi connectivity index (χ1v) is 10.7. The van der Waals surface area contributed by atoms with E-state index in [-0.39, 0.29) is 16.9 Å². The average molecular weight is 446 g/mol. The smallest absolute Gasteiger partial charge is 0.260 e. The van der Waals surface area contributed by atoms with Crippen molar-refractivity contribution in [2.75, 3.05) is 5.73 Å². The molecule has 3 aromatic carbocycles. The highest BCUT2D eigenvalue weighted by atomic mass is 35.5. The number of hydrogen-bond acceptors (Lipinski definition) is 5. The van der Waals surface area contributed by atoms with Crippen LogP contribution in [0, 0.1) is 0 Å². The zero-order chi connectivity index (χ0) is 21.5. The molecule has 4 N–H and O–H groups in total. The number of benzene rings is 3. The van der Waals surface area contributed by atoms with Crippen LogP contribution in [0.4, 0.5) is 5.13 Å². The van der Waals surface area contributed by atoms with Crippen LogP contribution in [0.1, 0.15) is 0 Å². The minimum atomic E-state index is -0.369. The molecule has 0 aliphatic carbocycles. The topological polar surface area (TPSA) is 92.0 Å². The molecule has 0 aliphatic rings. The van der Waals surface area contributed by atoms with Crippen LogP contribution in [0.25, 0.3) is 44.4 Å². The second-order valence-electron chi connectivity index (χ2n) is 7.07. The highest BCUT2D eigenvalue weighted by Crippen LogP contribution is 2.38. The van der Waals surface area contributed by atoms with Crippen LogP contribution < -0.4 is 11.3 Å². The minimum Gasteiger partial charge on any atom is -0.506 e. The van der Waals surface area contributed by atoms with E-state index >= 15 is 0 Å². The van der Waals surface area contributed by atoms with Gasteiger partial charge in [0.05, 0.1) is 21.8 Å². The van der Waals surface area contributed by atoms with Crippen LogP contribution in [-0.2, 0) is 0 Å². The molecule has 0 fully saturated rings. The average Bonchev–Trinajstić information content (AvgIpc) is 3.21. The molecule has 31 heavy (non-hydrogen) atoms. The lowest BCUT2D eigenvalue weighted by atomic mass is 9.98. The third kappa shape index (κ3) is 3.46. The number of hydrogen-bond donors (Lipinski definition) is 3. The molecule has 2 aromatic heterocycles. The van der Waals surface area contributed by atoms with Gasteiger partial charge in [0.2, 0.25) is 0 Å². The number of fused-ring (bicyclic) bond motifs is 1. The van der Waals surface area contributed by atoms with Crippen LogP contribution in [0.3, 0.4) is 0 Å². The van der Waals surface area contributed by atoms with Gasteiger partial charge in [0.15, 0.2) is 5.13 Å². The number of aromatic nitrogens is 2. The van der Waals surface area contributed by atoms with E-state index in [0.717, 1.165) is 22.4 Å². The summed E-state index contributed by atoms with van der Waals surface area (Å²) >= 11 is 7.92. The maximum atomic E-state index is 12.6. The van der Waals surface area contributed by atoms with Crippen molar-refractivity contribution in [1.82, 2.24) is 9.97 Å². The highest BCUT2D eigenvalue weighted by Gasteiger charge is 2.16. The molecule has 5 rings (SSSR count). The predicted molar refractivity (Wildman–Crippen MR) is 128 cm³/mol. The number of nitrogens with zero attached hydrogens (tertiary/aromatic N) is 1. The third-order valence-electron chi connectivity index (χ3n) is 5.15. The van der Waals surface area contributed by atoms with Crippen molar-refractivity contribution in [3.63, 3.8) is 0 Å². The van der Waals surface area contributed by atoms with Crippen molar-refractivity contribution < 1.29 is 5.11 Å². The Morgan fingerprint density at radius 2 is 1.68 bits per heavy atom. The first-order valence-electron chi connectivity index (χ1n) is 9.47. The second-order valence-corrected chi connectivity index (χ2v) is 8.37. The second kappa shape index (κ2) is 7.58. The molecule has 5 nitrogen and oxygen atoms in total. The molecule has 0 saturated heterocycles. The summed E-state index contributed by atoms with van der Waals surface area (Å²) in [6, 6.07) is 20.3. The summed E-state index contributed by atoms with van der Waals surface area (Å²) in [7, 11) is 0. The van der Waals surface area contributed by atoms with Crippen molar-refractivity contribution in [1.29, 1.82) is 0 Å². The Balaban J connectivity index is 1.64. The summed E-state index contributed by atoms with van der Waals surface area (Å²) in [4.78, 5) is 19.8. The zero-order valence-electron chi connectivity index (χ0n) is 16.1. The molecule has 5 aromatic rings. The number of anilines is 1. The third-order valence-corrected chi connectivity index (χ3v) is 6.14. The standard InChI is InChI=1S/C24H16ClN3O2S/c25-18-11-19-17(22(29)21(23(30)27-19)15-4-2-1-3-5-15)10-16(18)13-6-8-14(9-7-13)20-12-31-24(26)28-20/h1-12H,(H2,26,28)(H2,27,29,30). The van der Waals surface area contributed by atoms with Gasteiger partial charge < -0.3 is 15.8 Å². The van der Waals surface area contributed by atoms with Gasteiger partial charge in [0.1, 0.15) is 5.75 Å². The fraction of sp³-hybridized carbons (Fsp3) is 0. The Kier molecular flexibility index (Phi) is 4.73. The Morgan fingerprint density at radius 3 is 2.35 bits per heavy atom. The fourth-order valence-electron chi connectivity index (χ4n) is 3.63. The number of nitrogen functional groups attached to an aromatic ring is 1. The quantitative estimate of drug-likeness (QED) is 0.321. The maximum absolute atomic E-state index is 12.6. The van der Waals surface area contributed by atoms with Gasteiger partial charge in [-0.15, -0.1) is 11.3 Å². The normalized spacial score (nSPS) is 11.1. The number of pyridine rings is 1. The summed E-state index contributed by atoms with van der Waals surface area (Å²) in [6.45, 7) is 0. The van der Waals surface area contributed by atoms with Gasteiger partial charge in [-0.2, -0.15) is 0 Å². The van der Waals surface area contributed by atoms with Crippen molar-refractivity contribution >= 4 is 39.0 Å². The largest absolute Gasteiger partial charge is 0.506 e. The van der Waals surface area contributed by atoms with E-state index in [2.05, 4.69) is 9.97 Å². The molecular formula is C24H16ClN3O2S. The van der Waals surface area contributed by atoms with Gasteiger partial charge in [0.25, 0.3) is 5.56 Å². The van der Waals surface area contributed by atoms with Gasteiger partial charge in [-0.3, -0.25) is 4.79 Å². The zero-order valence-corrected chi connectivity index (χ0v) is 17.7. The van der Waals surface area contributed by atoms with Crippen molar-refractivity contribution in [3.8, 4) is 39.3 Å². The minimum absolute atomic E-state index is 0.0718. The van der Waals surface area contributed by atoms with Gasteiger partial charge in [0, 0.05) is 21.9 Å². The van der Waals surface area contributed by atoms with Gasteiger partial charge in [-0.1, -0.05) is 66.2 Å². The Morgan fingerprint density at radius 1 is 0.968 bits per heavy atom. The van der Waals surface area contributed by atoms with E-state index in [1.165, 1.54) is 11.3 Å². The number of nitrogens with one attached hydrogen (secondary N) is 1. The molecule has 7 heteroatoms. The number of halogens is 1. The Bertz CT molecular complexity index is 1480. The lowest BCUT2D eigenvalue weighted by Crippen LogP contribution is -2.09. The van der Waals surface area contributed by atoms with Crippen LogP contribution in [-0.4, -0.2) is 15.1 Å². The molecule has 0 saturated carbocycles. The monoisotopic (exact) mass is 445 g/mol. The summed E-state index contributed by atoms with van der Waals surface area (Å²) in [5, 5.41) is 14.4. The molecule has 152 valence electrons. The summed E-state index contributed by atoms with van der Waals surface area (Å²) in [5.74, 6) is -0.0718. The summed E-state index contributed by atoms with van der Waals surface area (Å²) in [5.41, 5.74) is 10.1. The molecule has 0 atom stereocenters. The van der Waals surface area contributed by atoms with Crippen molar-refractivity contribution in [2.45, 2.75) is 0 Å². The predicted octanol–water partition coefficient (Wildman–Crippen LogP) is 5.93. The molecule has 2 heterocycles. The van der Waals surface area contributed by atoms with Gasteiger partial charge >= 0.3 is 0 Å². The van der Waals surface area contributed by atoms with Gasteiger partial charge in [-0.05, 0) is 23.3 Å². The summed E-state index contributed by atoms with van der Waals surface area (Å²) < 4.78 is 0. The number of nitrogens with two attached hydrogens (primary N) is 1. The molecule has 0 bridgehead atoms. The van der Waals surface area contributed by atoms with Crippen LogP contribution >= 0.6 is 22.9 Å². The number of H-pyrrole nitrogens is 1. The highest BCUT2D eigenvalue weighted by molar-refractivity contribution is 7.13. The Hall–Kier alpha value is -3.61. The maximum Gasteiger partial charge on any atom is 0.260 e.